The normalized spacial score (nSPS) is 15.8. The zero-order valence-corrected chi connectivity index (χ0v) is 48.6. The molecule has 8 aromatic carbocycles. The molecular formula is C69H76Br2O3Si2. The van der Waals surface area contributed by atoms with Crippen LogP contribution in [0.2, 0.25) is 50.4 Å². The molecule has 2 atom stereocenters. The van der Waals surface area contributed by atoms with Crippen molar-refractivity contribution in [2.75, 3.05) is 13.2 Å². The maximum Gasteiger partial charge on any atom is 0.150 e. The van der Waals surface area contributed by atoms with E-state index in [1.165, 1.54) is 80.6 Å². The summed E-state index contributed by atoms with van der Waals surface area (Å²) in [6.45, 7) is 15.3. The van der Waals surface area contributed by atoms with Crippen molar-refractivity contribution in [2.24, 2.45) is 0 Å². The monoisotopic (exact) mass is 1170 g/mol. The van der Waals surface area contributed by atoms with Crippen molar-refractivity contribution in [3.63, 3.8) is 0 Å². The molecule has 2 aliphatic carbocycles. The molecule has 0 amide bonds. The third-order valence-electron chi connectivity index (χ3n) is 15.8. The Balaban J connectivity index is 0.000000216. The number of hydrogen-bond acceptors (Lipinski definition) is 3. The smallest absolute Gasteiger partial charge is 0.150 e. The van der Waals surface area contributed by atoms with Gasteiger partial charge in [-0.2, -0.15) is 0 Å². The SMILES string of the molecule is C.C.C=Cc1ccc(OCC[Si](C)(C)CCCC2(c3ccccc3)c3ccccc3-c3ccc(Br)cc32)cc1.C[Si](C)(CCCC1(c2ccccc2)c2ccccc2-c2ccc(Br)cc21)CCOc1ccc(C=O)cc1. The summed E-state index contributed by atoms with van der Waals surface area (Å²) in [7, 11) is -2.89. The summed E-state index contributed by atoms with van der Waals surface area (Å²) in [6.07, 6.45) is 7.29. The molecule has 0 bridgehead atoms. The van der Waals surface area contributed by atoms with Crippen LogP contribution >= 0.6 is 31.9 Å². The third-order valence-corrected chi connectivity index (χ3v) is 23.3. The Morgan fingerprint density at radius 3 is 1.21 bits per heavy atom. The molecule has 0 saturated carbocycles. The van der Waals surface area contributed by atoms with Gasteiger partial charge in [0, 0.05) is 25.3 Å². The predicted octanol–water partition coefficient (Wildman–Crippen LogP) is 20.4. The number of hydrogen-bond donors (Lipinski definition) is 0. The van der Waals surface area contributed by atoms with Crippen LogP contribution in [0, 0.1) is 0 Å². The maximum absolute atomic E-state index is 10.9. The van der Waals surface area contributed by atoms with Gasteiger partial charge in [0.2, 0.25) is 0 Å². The Labute approximate surface area is 474 Å². The number of fused-ring (bicyclic) bond motifs is 6. The van der Waals surface area contributed by atoms with Gasteiger partial charge in [-0.05, 0) is 147 Å². The van der Waals surface area contributed by atoms with Gasteiger partial charge < -0.3 is 9.47 Å². The van der Waals surface area contributed by atoms with Gasteiger partial charge in [-0.3, -0.25) is 4.79 Å². The molecule has 392 valence electrons. The van der Waals surface area contributed by atoms with E-state index >= 15 is 0 Å². The van der Waals surface area contributed by atoms with E-state index < -0.39 is 16.1 Å². The molecule has 0 spiro atoms. The molecule has 2 unspecified atom stereocenters. The van der Waals surface area contributed by atoms with E-state index in [0.29, 0.717) is 5.56 Å². The van der Waals surface area contributed by atoms with Gasteiger partial charge in [-0.15, -0.1) is 0 Å². The van der Waals surface area contributed by atoms with Crippen molar-refractivity contribution in [1.82, 2.24) is 0 Å². The van der Waals surface area contributed by atoms with Crippen LogP contribution in [-0.4, -0.2) is 35.6 Å². The second-order valence-corrected chi connectivity index (χ2v) is 34.2. The topological polar surface area (TPSA) is 35.5 Å². The first-order valence-electron chi connectivity index (χ1n) is 26.3. The quantitative estimate of drug-likeness (QED) is 0.0564. The minimum absolute atomic E-state index is 0. The van der Waals surface area contributed by atoms with Crippen LogP contribution in [0.1, 0.15) is 89.8 Å². The molecule has 0 radical (unpaired) electrons. The van der Waals surface area contributed by atoms with Crippen LogP contribution in [0.3, 0.4) is 0 Å². The van der Waals surface area contributed by atoms with Crippen LogP contribution in [0.4, 0.5) is 0 Å². The molecule has 3 nitrogen and oxygen atoms in total. The largest absolute Gasteiger partial charge is 0.494 e. The lowest BCUT2D eigenvalue weighted by atomic mass is 9.69. The Hall–Kier alpha value is -5.84. The Bertz CT molecular complexity index is 2970. The molecule has 0 N–H and O–H groups in total. The van der Waals surface area contributed by atoms with E-state index in [1.54, 1.807) is 0 Å². The highest BCUT2D eigenvalue weighted by Gasteiger charge is 2.46. The fraction of sp³-hybridized carbons (Fsp3) is 0.261. The van der Waals surface area contributed by atoms with Crippen molar-refractivity contribution in [1.29, 1.82) is 0 Å². The second-order valence-electron chi connectivity index (χ2n) is 21.7. The van der Waals surface area contributed by atoms with E-state index in [1.807, 2.05) is 42.5 Å². The molecule has 0 aliphatic heterocycles. The van der Waals surface area contributed by atoms with Gasteiger partial charge in [-0.25, -0.2) is 0 Å². The summed E-state index contributed by atoms with van der Waals surface area (Å²) in [5, 5.41) is 0. The minimum atomic E-state index is -1.47. The number of ether oxygens (including phenoxy) is 2. The van der Waals surface area contributed by atoms with Gasteiger partial charge >= 0.3 is 0 Å². The minimum Gasteiger partial charge on any atom is -0.494 e. The molecule has 8 aromatic rings. The summed E-state index contributed by atoms with van der Waals surface area (Å²) >= 11 is 7.54. The van der Waals surface area contributed by atoms with Crippen molar-refractivity contribution >= 4 is 60.4 Å². The average Bonchev–Trinajstić information content (AvgIpc) is 3.89. The summed E-state index contributed by atoms with van der Waals surface area (Å²) in [6, 6.07) is 74.2. The number of carbonyl (C=O) groups excluding carboxylic acids is 1. The Morgan fingerprint density at radius 2 is 0.816 bits per heavy atom. The number of benzene rings is 8. The van der Waals surface area contributed by atoms with Crippen LogP contribution < -0.4 is 9.47 Å². The van der Waals surface area contributed by atoms with Crippen molar-refractivity contribution in [2.45, 2.75) is 102 Å². The molecular weight excluding hydrogens is 1090 g/mol. The first-order chi connectivity index (χ1) is 35.9. The fourth-order valence-corrected chi connectivity index (χ4v) is 16.5. The zero-order chi connectivity index (χ0) is 51.8. The fourth-order valence-electron chi connectivity index (χ4n) is 11.7. The molecule has 7 heteroatoms. The van der Waals surface area contributed by atoms with Crippen molar-refractivity contribution in [3.05, 3.63) is 254 Å². The average molecular weight is 1170 g/mol. The third kappa shape index (κ3) is 12.6. The van der Waals surface area contributed by atoms with Gasteiger partial charge in [0.25, 0.3) is 0 Å². The highest BCUT2D eigenvalue weighted by atomic mass is 79.9. The van der Waals surface area contributed by atoms with Gasteiger partial charge in [0.1, 0.15) is 17.8 Å². The molecule has 10 rings (SSSR count). The molecule has 0 heterocycles. The van der Waals surface area contributed by atoms with Crippen LogP contribution in [-0.2, 0) is 10.8 Å². The Kier molecular flexibility index (Phi) is 19.4. The lowest BCUT2D eigenvalue weighted by Crippen LogP contribution is -2.31. The first kappa shape index (κ1) is 57.9. The second kappa shape index (κ2) is 25.5. The number of halogens is 2. The summed E-state index contributed by atoms with van der Waals surface area (Å²) in [5.41, 5.74) is 15.5. The van der Waals surface area contributed by atoms with E-state index in [2.05, 4.69) is 222 Å². The highest BCUT2D eigenvalue weighted by molar-refractivity contribution is 9.10. The molecule has 76 heavy (non-hydrogen) atoms. The molecule has 2 aliphatic rings. The number of aldehydes is 1. The van der Waals surface area contributed by atoms with E-state index in [4.69, 9.17) is 9.47 Å². The number of carbonyl (C=O) groups is 1. The lowest BCUT2D eigenvalue weighted by molar-refractivity contribution is 0.112. The first-order valence-corrected chi connectivity index (χ1v) is 34.7. The summed E-state index contributed by atoms with van der Waals surface area (Å²) in [4.78, 5) is 10.9. The van der Waals surface area contributed by atoms with Gasteiger partial charge in [0.05, 0.1) is 29.4 Å². The van der Waals surface area contributed by atoms with Crippen molar-refractivity contribution < 1.29 is 14.3 Å². The van der Waals surface area contributed by atoms with E-state index in [9.17, 15) is 4.79 Å². The summed E-state index contributed by atoms with van der Waals surface area (Å²) in [5.74, 6) is 1.78. The highest BCUT2D eigenvalue weighted by Crippen LogP contribution is 2.57. The van der Waals surface area contributed by atoms with Crippen LogP contribution in [0.5, 0.6) is 11.5 Å². The number of rotatable bonds is 20. The van der Waals surface area contributed by atoms with Crippen LogP contribution in [0.25, 0.3) is 28.3 Å². The Morgan fingerprint density at radius 1 is 0.447 bits per heavy atom. The predicted molar refractivity (Wildman–Crippen MR) is 337 cm³/mol. The zero-order valence-electron chi connectivity index (χ0n) is 43.4. The van der Waals surface area contributed by atoms with Crippen LogP contribution in [0.15, 0.2) is 210 Å². The standard InChI is InChI=1S/C34H35BrOSi.C33H33BrO2Si.2CH4/c1-4-26-15-18-29(19-16-26)36-22-24-37(2,3)23-10-21-34(27-11-6-5-7-12-27)32-14-9-8-13-30(32)31-20-17-28(35)25-33(31)34;1-37(2,22-20-36-28-16-13-25(24-35)14-17-28)21-8-19-33(26-9-4-3-5-10-26)31-12-7-6-11-29(31)30-18-15-27(34)23-32(30)33;;/h4-9,11-20,25H,1,10,21-24H2,2-3H3;3-7,9-18,23-24H,8,19-22H2,1-2H3;2*1H4. The van der Waals surface area contributed by atoms with E-state index in [0.717, 1.165) is 70.4 Å². The van der Waals surface area contributed by atoms with Crippen molar-refractivity contribution in [3.8, 4) is 33.8 Å². The van der Waals surface area contributed by atoms with Gasteiger partial charge in [0.15, 0.2) is 0 Å². The molecule has 0 aromatic heterocycles. The van der Waals surface area contributed by atoms with Gasteiger partial charge in [-0.1, -0.05) is 244 Å². The van der Waals surface area contributed by atoms with E-state index in [-0.39, 0.29) is 25.7 Å². The molecule has 0 saturated heterocycles. The summed E-state index contributed by atoms with van der Waals surface area (Å²) < 4.78 is 14.4. The lowest BCUT2D eigenvalue weighted by Gasteiger charge is -2.34. The maximum atomic E-state index is 10.9. The molecule has 0 fully saturated rings.